The normalized spacial score (nSPS) is 11.8. The molecule has 0 radical (unpaired) electrons. The highest BCUT2D eigenvalue weighted by atomic mass is 32.1. The lowest BCUT2D eigenvalue weighted by Crippen LogP contribution is -2.37. The van der Waals surface area contributed by atoms with Crippen LogP contribution in [-0.2, 0) is 10.3 Å². The number of unbranched alkanes of at least 4 members (excludes halogenated alkanes) is 1. The lowest BCUT2D eigenvalue weighted by atomic mass is 10.1. The van der Waals surface area contributed by atoms with Gasteiger partial charge in [0, 0.05) is 11.3 Å². The Bertz CT molecular complexity index is 394. The van der Waals surface area contributed by atoms with Crippen LogP contribution in [0.4, 0.5) is 0 Å². The van der Waals surface area contributed by atoms with E-state index in [1.54, 1.807) is 11.3 Å². The fraction of sp³-hybridized carbons (Fsp3) is 0.692. The molecule has 0 aliphatic heterocycles. The van der Waals surface area contributed by atoms with Crippen molar-refractivity contribution in [3.8, 4) is 0 Å². The second kappa shape index (κ2) is 6.29. The van der Waals surface area contributed by atoms with E-state index in [0.29, 0.717) is 6.42 Å². The lowest BCUT2D eigenvalue weighted by Gasteiger charge is -2.23. The van der Waals surface area contributed by atoms with Crippen molar-refractivity contribution in [2.75, 3.05) is 6.54 Å². The molecule has 1 rings (SSSR count). The maximum Gasteiger partial charge on any atom is 0.303 e. The van der Waals surface area contributed by atoms with E-state index in [9.17, 15) is 4.79 Å². The summed E-state index contributed by atoms with van der Waals surface area (Å²) in [6.45, 7) is 9.15. The number of carboxylic acid groups (broad SMARTS) is 1. The van der Waals surface area contributed by atoms with Crippen LogP contribution in [0.3, 0.4) is 0 Å². The van der Waals surface area contributed by atoms with E-state index in [2.05, 4.69) is 31.1 Å². The van der Waals surface area contributed by atoms with Gasteiger partial charge in [-0.15, -0.1) is 11.3 Å². The van der Waals surface area contributed by atoms with Crippen molar-refractivity contribution in [2.24, 2.45) is 0 Å². The first-order valence-electron chi connectivity index (χ1n) is 6.24. The summed E-state index contributed by atoms with van der Waals surface area (Å²) in [5.74, 6) is -0.722. The molecule has 0 fully saturated rings. The number of aromatic nitrogens is 1. The van der Waals surface area contributed by atoms with E-state index in [1.807, 2.05) is 6.92 Å². The molecule has 1 aromatic heterocycles. The van der Waals surface area contributed by atoms with Crippen molar-refractivity contribution in [2.45, 2.75) is 52.5 Å². The smallest absolute Gasteiger partial charge is 0.303 e. The number of hydrogen-bond donors (Lipinski definition) is 2. The third kappa shape index (κ3) is 4.38. The van der Waals surface area contributed by atoms with Gasteiger partial charge in [0.05, 0.1) is 11.2 Å². The number of rotatable bonds is 7. The predicted molar refractivity (Wildman–Crippen MR) is 74.1 cm³/mol. The summed E-state index contributed by atoms with van der Waals surface area (Å²) in [5, 5.41) is 13.1. The number of nitrogens with zero attached hydrogens (tertiary/aromatic N) is 1. The van der Waals surface area contributed by atoms with Gasteiger partial charge < -0.3 is 10.4 Å². The van der Waals surface area contributed by atoms with Crippen LogP contribution in [0.15, 0.2) is 0 Å². The Kier molecular flexibility index (Phi) is 5.28. The number of carbonyl (C=O) groups is 1. The Morgan fingerprint density at radius 3 is 2.56 bits per heavy atom. The number of thiazole rings is 1. The van der Waals surface area contributed by atoms with Crippen LogP contribution in [0, 0.1) is 13.8 Å². The Morgan fingerprint density at radius 2 is 2.06 bits per heavy atom. The average Bonchev–Trinajstić information content (AvgIpc) is 2.59. The van der Waals surface area contributed by atoms with Crippen molar-refractivity contribution in [1.82, 2.24) is 10.3 Å². The molecule has 0 aromatic carbocycles. The third-order valence-corrected chi connectivity index (χ3v) is 4.34. The van der Waals surface area contributed by atoms with E-state index in [1.165, 1.54) is 4.88 Å². The SMILES string of the molecule is Cc1nc(C(C)(C)NCCCCC(=O)O)sc1C. The molecule has 5 heteroatoms. The van der Waals surface area contributed by atoms with E-state index < -0.39 is 5.97 Å². The van der Waals surface area contributed by atoms with E-state index in [-0.39, 0.29) is 12.0 Å². The van der Waals surface area contributed by atoms with E-state index >= 15 is 0 Å². The zero-order valence-electron chi connectivity index (χ0n) is 11.5. The number of aliphatic carboxylic acids is 1. The molecule has 102 valence electrons. The van der Waals surface area contributed by atoms with Gasteiger partial charge in [0.1, 0.15) is 5.01 Å². The Labute approximate surface area is 112 Å². The predicted octanol–water partition coefficient (Wildman–Crippen LogP) is 2.84. The molecule has 1 heterocycles. The molecule has 0 aliphatic rings. The fourth-order valence-electron chi connectivity index (χ4n) is 1.62. The number of carboxylic acids is 1. The summed E-state index contributed by atoms with van der Waals surface area (Å²) < 4.78 is 0. The van der Waals surface area contributed by atoms with Crippen LogP contribution >= 0.6 is 11.3 Å². The lowest BCUT2D eigenvalue weighted by molar-refractivity contribution is -0.137. The van der Waals surface area contributed by atoms with Crippen LogP contribution in [0.1, 0.15) is 48.7 Å². The van der Waals surface area contributed by atoms with Crippen molar-refractivity contribution >= 4 is 17.3 Å². The number of hydrogen-bond acceptors (Lipinski definition) is 4. The molecule has 0 spiro atoms. The zero-order chi connectivity index (χ0) is 13.8. The summed E-state index contributed by atoms with van der Waals surface area (Å²) >= 11 is 1.72. The van der Waals surface area contributed by atoms with Gasteiger partial charge in [-0.2, -0.15) is 0 Å². The summed E-state index contributed by atoms with van der Waals surface area (Å²) in [7, 11) is 0. The van der Waals surface area contributed by atoms with Crippen LogP contribution in [-0.4, -0.2) is 22.6 Å². The molecule has 0 saturated heterocycles. The monoisotopic (exact) mass is 270 g/mol. The Balaban J connectivity index is 2.42. The van der Waals surface area contributed by atoms with Gasteiger partial charge in [0.2, 0.25) is 0 Å². The minimum atomic E-state index is -0.722. The second-order valence-electron chi connectivity index (χ2n) is 5.06. The van der Waals surface area contributed by atoms with Crippen LogP contribution in [0.5, 0.6) is 0 Å². The summed E-state index contributed by atoms with van der Waals surface area (Å²) in [6.07, 6.45) is 1.84. The quantitative estimate of drug-likeness (QED) is 0.748. The average molecular weight is 270 g/mol. The third-order valence-electron chi connectivity index (χ3n) is 2.95. The highest BCUT2D eigenvalue weighted by Crippen LogP contribution is 2.27. The summed E-state index contributed by atoms with van der Waals surface area (Å²) in [6, 6.07) is 0. The molecule has 0 atom stereocenters. The first kappa shape index (κ1) is 15.1. The largest absolute Gasteiger partial charge is 0.481 e. The molecule has 2 N–H and O–H groups in total. The minimum absolute atomic E-state index is 0.146. The van der Waals surface area contributed by atoms with Gasteiger partial charge in [-0.3, -0.25) is 4.79 Å². The van der Waals surface area contributed by atoms with Crippen molar-refractivity contribution < 1.29 is 9.90 Å². The van der Waals surface area contributed by atoms with Gasteiger partial charge in [-0.05, 0) is 47.1 Å². The van der Waals surface area contributed by atoms with Gasteiger partial charge in [-0.1, -0.05) is 0 Å². The van der Waals surface area contributed by atoms with Crippen molar-refractivity contribution in [1.29, 1.82) is 0 Å². The molecular formula is C13H22N2O2S. The summed E-state index contributed by atoms with van der Waals surface area (Å²) in [5.41, 5.74) is 0.947. The van der Waals surface area contributed by atoms with Crippen molar-refractivity contribution in [3.63, 3.8) is 0 Å². The number of aryl methyl sites for hydroxylation is 2. The highest BCUT2D eigenvalue weighted by Gasteiger charge is 2.23. The topological polar surface area (TPSA) is 62.2 Å². The maximum absolute atomic E-state index is 10.4. The van der Waals surface area contributed by atoms with E-state index in [0.717, 1.165) is 23.7 Å². The fourth-order valence-corrected chi connectivity index (χ4v) is 2.61. The Hall–Kier alpha value is -0.940. The summed E-state index contributed by atoms with van der Waals surface area (Å²) in [4.78, 5) is 16.2. The molecular weight excluding hydrogens is 248 g/mol. The maximum atomic E-state index is 10.4. The van der Waals surface area contributed by atoms with Gasteiger partial charge in [0.15, 0.2) is 0 Å². The molecule has 1 aromatic rings. The molecule has 4 nitrogen and oxygen atoms in total. The minimum Gasteiger partial charge on any atom is -0.481 e. The van der Waals surface area contributed by atoms with E-state index in [4.69, 9.17) is 5.11 Å². The molecule has 0 bridgehead atoms. The molecule has 0 amide bonds. The zero-order valence-corrected chi connectivity index (χ0v) is 12.4. The first-order valence-corrected chi connectivity index (χ1v) is 7.06. The van der Waals surface area contributed by atoms with Crippen molar-refractivity contribution in [3.05, 3.63) is 15.6 Å². The molecule has 18 heavy (non-hydrogen) atoms. The van der Waals surface area contributed by atoms with Crippen LogP contribution in [0.25, 0.3) is 0 Å². The van der Waals surface area contributed by atoms with Gasteiger partial charge in [0.25, 0.3) is 0 Å². The molecule has 0 aliphatic carbocycles. The highest BCUT2D eigenvalue weighted by molar-refractivity contribution is 7.11. The van der Waals surface area contributed by atoms with Crippen LogP contribution < -0.4 is 5.32 Å². The molecule has 0 saturated carbocycles. The number of nitrogens with one attached hydrogen (secondary N) is 1. The second-order valence-corrected chi connectivity index (χ2v) is 6.27. The Morgan fingerprint density at radius 1 is 1.39 bits per heavy atom. The molecule has 0 unspecified atom stereocenters. The van der Waals surface area contributed by atoms with Gasteiger partial charge in [-0.25, -0.2) is 4.98 Å². The van der Waals surface area contributed by atoms with Crippen LogP contribution in [0.2, 0.25) is 0 Å². The first-order chi connectivity index (χ1) is 8.33. The van der Waals surface area contributed by atoms with Gasteiger partial charge >= 0.3 is 5.97 Å². The standard InChI is InChI=1S/C13H22N2O2S/c1-9-10(2)18-12(15-9)13(3,4)14-8-6-5-7-11(16)17/h14H,5-8H2,1-4H3,(H,16,17).